The van der Waals surface area contributed by atoms with Gasteiger partial charge in [0.2, 0.25) is 0 Å². The maximum atomic E-state index is 13.6. The minimum Gasteiger partial charge on any atom is -0.496 e. The molecule has 0 aliphatic rings. The molecule has 1 unspecified atom stereocenters. The van der Waals surface area contributed by atoms with Crippen molar-refractivity contribution < 1.29 is 13.9 Å². The zero-order valence-electron chi connectivity index (χ0n) is 9.90. The lowest BCUT2D eigenvalue weighted by Crippen LogP contribution is -2.34. The largest absolute Gasteiger partial charge is 0.496 e. The Labute approximate surface area is 99.2 Å². The molecule has 17 heavy (non-hydrogen) atoms. The van der Waals surface area contributed by atoms with Crippen LogP contribution in [0.15, 0.2) is 18.2 Å². The van der Waals surface area contributed by atoms with Crippen molar-refractivity contribution in [3.63, 3.8) is 0 Å². The number of carbonyl (C=O) groups excluding carboxylic acids is 1. The maximum Gasteiger partial charge on any atom is 0.261 e. The second-order valence-electron chi connectivity index (χ2n) is 3.54. The summed E-state index contributed by atoms with van der Waals surface area (Å²) in [4.78, 5) is 13.2. The third kappa shape index (κ3) is 2.53. The van der Waals surface area contributed by atoms with E-state index in [1.54, 1.807) is 6.92 Å². The lowest BCUT2D eigenvalue weighted by atomic mass is 10.1. The Hall–Kier alpha value is -2.09. The normalized spacial score (nSPS) is 11.5. The molecule has 0 fully saturated rings. The molecule has 1 atom stereocenters. The molecular formula is C12H13FN2O2. The van der Waals surface area contributed by atoms with Crippen LogP contribution in [0.2, 0.25) is 0 Å². The zero-order valence-corrected chi connectivity index (χ0v) is 9.90. The van der Waals surface area contributed by atoms with E-state index in [0.29, 0.717) is 0 Å². The van der Waals surface area contributed by atoms with Crippen molar-refractivity contribution in [2.45, 2.75) is 13.0 Å². The van der Waals surface area contributed by atoms with Gasteiger partial charge in [0, 0.05) is 7.05 Å². The van der Waals surface area contributed by atoms with Gasteiger partial charge < -0.3 is 9.64 Å². The number of benzene rings is 1. The van der Waals surface area contributed by atoms with E-state index in [-0.39, 0.29) is 11.3 Å². The van der Waals surface area contributed by atoms with Gasteiger partial charge in [0.05, 0.1) is 13.2 Å². The molecule has 0 aromatic heterocycles. The molecule has 0 spiro atoms. The van der Waals surface area contributed by atoms with Gasteiger partial charge in [0.1, 0.15) is 23.2 Å². The molecular weight excluding hydrogens is 223 g/mol. The van der Waals surface area contributed by atoms with E-state index in [0.717, 1.165) is 0 Å². The van der Waals surface area contributed by atoms with E-state index >= 15 is 0 Å². The van der Waals surface area contributed by atoms with E-state index in [4.69, 9.17) is 10.00 Å². The van der Waals surface area contributed by atoms with Crippen LogP contribution in [-0.2, 0) is 0 Å². The van der Waals surface area contributed by atoms with E-state index in [2.05, 4.69) is 0 Å². The molecule has 1 aromatic rings. The molecule has 0 bridgehead atoms. The summed E-state index contributed by atoms with van der Waals surface area (Å²) < 4.78 is 18.5. The van der Waals surface area contributed by atoms with Crippen molar-refractivity contribution in [2.24, 2.45) is 0 Å². The smallest absolute Gasteiger partial charge is 0.261 e. The van der Waals surface area contributed by atoms with Crippen molar-refractivity contribution in [3.05, 3.63) is 29.6 Å². The first-order chi connectivity index (χ1) is 8.02. The van der Waals surface area contributed by atoms with Crippen LogP contribution in [0, 0.1) is 17.1 Å². The predicted octanol–water partition coefficient (Wildman–Crippen LogP) is 1.82. The summed E-state index contributed by atoms with van der Waals surface area (Å²) in [6.45, 7) is 1.56. The minimum atomic E-state index is -0.661. The summed E-state index contributed by atoms with van der Waals surface area (Å²) in [6, 6.07) is 5.42. The monoisotopic (exact) mass is 236 g/mol. The van der Waals surface area contributed by atoms with Crippen LogP contribution in [0.3, 0.4) is 0 Å². The number of nitriles is 1. The first kappa shape index (κ1) is 13.0. The Morgan fingerprint density at radius 1 is 1.59 bits per heavy atom. The van der Waals surface area contributed by atoms with Gasteiger partial charge in [-0.3, -0.25) is 4.79 Å². The van der Waals surface area contributed by atoms with E-state index < -0.39 is 17.8 Å². The Bertz CT molecular complexity index is 468. The molecule has 0 radical (unpaired) electrons. The third-order valence-corrected chi connectivity index (χ3v) is 2.50. The van der Waals surface area contributed by atoms with Gasteiger partial charge in [-0.2, -0.15) is 5.26 Å². The second-order valence-corrected chi connectivity index (χ2v) is 3.54. The summed E-state index contributed by atoms with van der Waals surface area (Å²) in [5, 5.41) is 8.73. The number of hydrogen-bond donors (Lipinski definition) is 0. The molecule has 0 aliphatic heterocycles. The third-order valence-electron chi connectivity index (χ3n) is 2.50. The summed E-state index contributed by atoms with van der Waals surface area (Å²) in [5.41, 5.74) is -0.153. The fourth-order valence-electron chi connectivity index (χ4n) is 1.32. The number of nitrogens with zero attached hydrogens (tertiary/aromatic N) is 2. The van der Waals surface area contributed by atoms with Crippen molar-refractivity contribution in [2.75, 3.05) is 14.2 Å². The van der Waals surface area contributed by atoms with Crippen LogP contribution in [0.4, 0.5) is 4.39 Å². The van der Waals surface area contributed by atoms with Gasteiger partial charge >= 0.3 is 0 Å². The summed E-state index contributed by atoms with van der Waals surface area (Å²) in [6.07, 6.45) is 0. The second kappa shape index (κ2) is 5.30. The van der Waals surface area contributed by atoms with E-state index in [1.165, 1.54) is 37.3 Å². The molecule has 1 rings (SSSR count). The quantitative estimate of drug-likeness (QED) is 0.804. The highest BCUT2D eigenvalue weighted by Crippen LogP contribution is 2.23. The number of hydrogen-bond acceptors (Lipinski definition) is 3. The Morgan fingerprint density at radius 2 is 2.24 bits per heavy atom. The highest BCUT2D eigenvalue weighted by atomic mass is 19.1. The number of methoxy groups -OCH3 is 1. The van der Waals surface area contributed by atoms with Crippen LogP contribution in [0.5, 0.6) is 5.75 Å². The number of ether oxygens (including phenoxy) is 1. The molecule has 5 heteroatoms. The molecule has 1 aromatic carbocycles. The lowest BCUT2D eigenvalue weighted by Gasteiger charge is -2.20. The van der Waals surface area contributed by atoms with Crippen LogP contribution < -0.4 is 4.74 Å². The van der Waals surface area contributed by atoms with Crippen LogP contribution in [0.25, 0.3) is 0 Å². The molecule has 4 nitrogen and oxygen atoms in total. The number of halogens is 1. The van der Waals surface area contributed by atoms with Crippen molar-refractivity contribution in [1.82, 2.24) is 4.90 Å². The SMILES string of the molecule is COc1cccc(F)c1C(=O)N(C)C(C)C#N. The van der Waals surface area contributed by atoms with Crippen LogP contribution in [0.1, 0.15) is 17.3 Å². The highest BCUT2D eigenvalue weighted by molar-refractivity contribution is 5.97. The van der Waals surface area contributed by atoms with E-state index in [9.17, 15) is 9.18 Å². The number of amides is 1. The van der Waals surface area contributed by atoms with Gasteiger partial charge in [0.25, 0.3) is 5.91 Å². The maximum absolute atomic E-state index is 13.6. The molecule has 0 saturated carbocycles. The predicted molar refractivity (Wildman–Crippen MR) is 60.1 cm³/mol. The minimum absolute atomic E-state index is 0.153. The van der Waals surface area contributed by atoms with Gasteiger partial charge in [-0.05, 0) is 19.1 Å². The van der Waals surface area contributed by atoms with Crippen molar-refractivity contribution in [3.8, 4) is 11.8 Å². The first-order valence-corrected chi connectivity index (χ1v) is 5.02. The summed E-state index contributed by atoms with van der Waals surface area (Å²) >= 11 is 0. The van der Waals surface area contributed by atoms with E-state index in [1.807, 2.05) is 6.07 Å². The lowest BCUT2D eigenvalue weighted by molar-refractivity contribution is 0.0765. The van der Waals surface area contributed by atoms with Gasteiger partial charge in [-0.25, -0.2) is 4.39 Å². The average Bonchev–Trinajstić information content (AvgIpc) is 2.35. The van der Waals surface area contributed by atoms with Gasteiger partial charge in [-0.15, -0.1) is 0 Å². The van der Waals surface area contributed by atoms with Gasteiger partial charge in [0.15, 0.2) is 0 Å². The highest BCUT2D eigenvalue weighted by Gasteiger charge is 2.23. The van der Waals surface area contributed by atoms with Crippen LogP contribution in [-0.4, -0.2) is 31.0 Å². The Morgan fingerprint density at radius 3 is 2.76 bits per heavy atom. The fraction of sp³-hybridized carbons (Fsp3) is 0.333. The molecule has 90 valence electrons. The number of carbonyl (C=O) groups is 1. The standard InChI is InChI=1S/C12H13FN2O2/c1-8(7-14)15(2)12(16)11-9(13)5-4-6-10(11)17-3/h4-6,8H,1-3H3. The van der Waals surface area contributed by atoms with Crippen molar-refractivity contribution >= 4 is 5.91 Å². The molecule has 0 saturated heterocycles. The van der Waals surface area contributed by atoms with Gasteiger partial charge in [-0.1, -0.05) is 6.07 Å². The summed E-state index contributed by atoms with van der Waals surface area (Å²) in [7, 11) is 2.81. The fourth-order valence-corrected chi connectivity index (χ4v) is 1.32. The summed E-state index contributed by atoms with van der Waals surface area (Å²) in [5.74, 6) is -1.08. The van der Waals surface area contributed by atoms with Crippen LogP contribution >= 0.6 is 0 Å². The molecule has 1 amide bonds. The zero-order chi connectivity index (χ0) is 13.0. The average molecular weight is 236 g/mol. The number of rotatable bonds is 3. The Kier molecular flexibility index (Phi) is 4.05. The topological polar surface area (TPSA) is 53.3 Å². The Balaban J connectivity index is 3.17. The molecule has 0 N–H and O–H groups in total. The molecule has 0 aliphatic carbocycles. The van der Waals surface area contributed by atoms with Crippen molar-refractivity contribution in [1.29, 1.82) is 5.26 Å². The molecule has 0 heterocycles. The first-order valence-electron chi connectivity index (χ1n) is 5.02.